The maximum absolute atomic E-state index is 9.54. The quantitative estimate of drug-likeness (QED) is 0.174. The summed E-state index contributed by atoms with van der Waals surface area (Å²) in [7, 11) is -0.461. The summed E-state index contributed by atoms with van der Waals surface area (Å²) in [5.74, 6) is 0. The maximum Gasteiger partial charge on any atom is 0.496 e. The van der Waals surface area contributed by atoms with Crippen LogP contribution in [0.15, 0.2) is 84.9 Å². The number of hydrogen-bond donors (Lipinski definition) is 0. The molecule has 196 valence electrons. The van der Waals surface area contributed by atoms with Gasteiger partial charge in [-0.1, -0.05) is 80.6 Å². The summed E-state index contributed by atoms with van der Waals surface area (Å²) in [5, 5.41) is 14.2. The molecule has 0 atom stereocenters. The van der Waals surface area contributed by atoms with Gasteiger partial charge >= 0.3 is 7.12 Å². The minimum absolute atomic E-state index is 0.207. The molecule has 5 aromatic rings. The fourth-order valence-corrected chi connectivity index (χ4v) is 6.65. The van der Waals surface area contributed by atoms with E-state index >= 15 is 0 Å². The molecule has 7 rings (SSSR count). The summed E-state index contributed by atoms with van der Waals surface area (Å²) < 4.78 is 13.2. The van der Waals surface area contributed by atoms with Crippen LogP contribution in [-0.4, -0.2) is 18.3 Å². The summed E-state index contributed by atoms with van der Waals surface area (Å²) in [6, 6.07) is 32.5. The molecule has 0 amide bonds. The average Bonchev–Trinajstić information content (AvgIpc) is 3.29. The summed E-state index contributed by atoms with van der Waals surface area (Å²) in [6.07, 6.45) is 0. The predicted molar refractivity (Wildman–Crippen MR) is 165 cm³/mol. The van der Waals surface area contributed by atoms with Gasteiger partial charge in [-0.2, -0.15) is 5.26 Å². The van der Waals surface area contributed by atoms with Gasteiger partial charge in [-0.05, 0) is 106 Å². The first-order valence-corrected chi connectivity index (χ1v) is 14.0. The van der Waals surface area contributed by atoms with Gasteiger partial charge in [-0.15, -0.1) is 0 Å². The Hall–Kier alpha value is -3.91. The van der Waals surface area contributed by atoms with Crippen molar-refractivity contribution < 1.29 is 9.31 Å². The van der Waals surface area contributed by atoms with Crippen molar-refractivity contribution in [2.24, 2.45) is 0 Å². The molecule has 4 heteroatoms. The highest BCUT2D eigenvalue weighted by atomic mass is 16.7. The van der Waals surface area contributed by atoms with Crippen LogP contribution < -0.4 is 5.46 Å². The molecule has 0 bridgehead atoms. The monoisotopic (exact) mass is 521 g/mol. The van der Waals surface area contributed by atoms with Crippen molar-refractivity contribution in [1.29, 1.82) is 5.26 Å². The Bertz CT molecular complexity index is 1840. The molecule has 0 aromatic heterocycles. The minimum atomic E-state index is -0.461. The van der Waals surface area contributed by atoms with Crippen molar-refractivity contribution in [2.75, 3.05) is 0 Å². The molecule has 3 nitrogen and oxygen atoms in total. The molecular formula is C36H32BNO2. The topological polar surface area (TPSA) is 42.2 Å². The molecule has 0 saturated carbocycles. The Morgan fingerprint density at radius 3 is 1.68 bits per heavy atom. The number of benzene rings is 5. The molecule has 40 heavy (non-hydrogen) atoms. The van der Waals surface area contributed by atoms with E-state index in [0.29, 0.717) is 5.56 Å². The second-order valence-electron chi connectivity index (χ2n) is 12.7. The molecule has 1 fully saturated rings. The van der Waals surface area contributed by atoms with Gasteiger partial charge in [0.05, 0.1) is 22.8 Å². The van der Waals surface area contributed by atoms with Crippen molar-refractivity contribution in [3.8, 4) is 28.3 Å². The molecule has 1 saturated heterocycles. The Labute approximate surface area is 236 Å². The average molecular weight is 521 g/mol. The largest absolute Gasteiger partial charge is 0.496 e. The van der Waals surface area contributed by atoms with Crippen molar-refractivity contribution in [1.82, 2.24) is 0 Å². The van der Waals surface area contributed by atoms with E-state index in [1.807, 2.05) is 6.07 Å². The highest BCUT2D eigenvalue weighted by Crippen LogP contribution is 2.51. The SMILES string of the molecule is CC1(C)c2cc(C#N)ccc2-c2ccc(-c3c4ccccc4c(B4OC(C)(C)C(C)(C)O4)c4ccccc34)cc21. The van der Waals surface area contributed by atoms with Crippen molar-refractivity contribution in [2.45, 2.75) is 58.2 Å². The Balaban J connectivity index is 1.49. The normalized spacial score (nSPS) is 18.1. The van der Waals surface area contributed by atoms with Crippen LogP contribution in [0.4, 0.5) is 0 Å². The van der Waals surface area contributed by atoms with Crippen LogP contribution in [0.1, 0.15) is 58.2 Å². The third-order valence-electron chi connectivity index (χ3n) is 9.56. The van der Waals surface area contributed by atoms with Gasteiger partial charge in [-0.3, -0.25) is 0 Å². The second kappa shape index (κ2) is 8.30. The molecule has 0 unspecified atom stereocenters. The molecule has 0 spiro atoms. The Kier molecular flexibility index (Phi) is 5.21. The zero-order valence-electron chi connectivity index (χ0n) is 23.9. The van der Waals surface area contributed by atoms with Gasteiger partial charge in [-0.25, -0.2) is 0 Å². The zero-order valence-corrected chi connectivity index (χ0v) is 23.9. The molecule has 1 aliphatic heterocycles. The highest BCUT2D eigenvalue weighted by Gasteiger charge is 2.52. The lowest BCUT2D eigenvalue weighted by Crippen LogP contribution is -2.41. The molecule has 0 N–H and O–H groups in total. The first kappa shape index (κ1) is 25.1. The maximum atomic E-state index is 9.54. The van der Waals surface area contributed by atoms with E-state index in [1.54, 1.807) is 0 Å². The molecule has 1 aliphatic carbocycles. The van der Waals surface area contributed by atoms with Crippen LogP contribution >= 0.6 is 0 Å². The van der Waals surface area contributed by atoms with Crippen molar-refractivity contribution >= 4 is 34.1 Å². The number of hydrogen-bond acceptors (Lipinski definition) is 3. The van der Waals surface area contributed by atoms with E-state index in [2.05, 4.69) is 126 Å². The van der Waals surface area contributed by atoms with Gasteiger partial charge in [0.1, 0.15) is 0 Å². The summed E-state index contributed by atoms with van der Waals surface area (Å²) in [6.45, 7) is 13.0. The number of fused-ring (bicyclic) bond motifs is 5. The third kappa shape index (κ3) is 3.38. The molecule has 2 aliphatic rings. The van der Waals surface area contributed by atoms with Crippen LogP contribution in [0.2, 0.25) is 0 Å². The predicted octanol–water partition coefficient (Wildman–Crippen LogP) is 8.14. The summed E-state index contributed by atoms with van der Waals surface area (Å²) in [4.78, 5) is 0. The van der Waals surface area contributed by atoms with Gasteiger partial charge in [0.15, 0.2) is 0 Å². The Morgan fingerprint density at radius 1 is 0.625 bits per heavy atom. The van der Waals surface area contributed by atoms with Gasteiger partial charge < -0.3 is 9.31 Å². The van der Waals surface area contributed by atoms with E-state index in [-0.39, 0.29) is 5.41 Å². The van der Waals surface area contributed by atoms with E-state index in [0.717, 1.165) is 16.2 Å². The lowest BCUT2D eigenvalue weighted by molar-refractivity contribution is 0.00578. The number of rotatable bonds is 2. The molecule has 1 heterocycles. The first-order valence-electron chi connectivity index (χ1n) is 14.0. The fraction of sp³-hybridized carbons (Fsp3) is 0.250. The van der Waals surface area contributed by atoms with Gasteiger partial charge in [0.25, 0.3) is 0 Å². The lowest BCUT2D eigenvalue weighted by atomic mass is 9.71. The van der Waals surface area contributed by atoms with E-state index in [1.165, 1.54) is 44.2 Å². The van der Waals surface area contributed by atoms with Crippen LogP contribution in [0.3, 0.4) is 0 Å². The van der Waals surface area contributed by atoms with Crippen LogP contribution in [0.25, 0.3) is 43.8 Å². The van der Waals surface area contributed by atoms with Gasteiger partial charge in [0.2, 0.25) is 0 Å². The fourth-order valence-electron chi connectivity index (χ4n) is 6.65. The molecular weight excluding hydrogens is 489 g/mol. The summed E-state index contributed by atoms with van der Waals surface area (Å²) >= 11 is 0. The molecule has 0 radical (unpaired) electrons. The minimum Gasteiger partial charge on any atom is -0.399 e. The number of nitrogens with zero attached hydrogens (tertiary/aromatic N) is 1. The number of nitriles is 1. The van der Waals surface area contributed by atoms with Crippen LogP contribution in [0, 0.1) is 11.3 Å². The molecule has 5 aromatic carbocycles. The van der Waals surface area contributed by atoms with Crippen LogP contribution in [-0.2, 0) is 14.7 Å². The van der Waals surface area contributed by atoms with E-state index in [4.69, 9.17) is 9.31 Å². The standard InChI is InChI=1S/C36H32BNO2/c1-34(2)30-19-22(21-38)15-17-24(30)25-18-16-23(20-31(25)34)32-26-11-7-9-13-28(26)33(29-14-10-8-12-27(29)32)37-39-35(3,4)36(5,6)40-37/h7-20H,1-6H3. The second-order valence-corrected chi connectivity index (χ2v) is 12.7. The lowest BCUT2D eigenvalue weighted by Gasteiger charge is -2.32. The van der Waals surface area contributed by atoms with Crippen molar-refractivity contribution in [3.63, 3.8) is 0 Å². The third-order valence-corrected chi connectivity index (χ3v) is 9.56. The van der Waals surface area contributed by atoms with E-state index < -0.39 is 18.3 Å². The zero-order chi connectivity index (χ0) is 28.0. The van der Waals surface area contributed by atoms with E-state index in [9.17, 15) is 5.26 Å². The van der Waals surface area contributed by atoms with Gasteiger partial charge in [0, 0.05) is 5.41 Å². The first-order chi connectivity index (χ1) is 19.0. The van der Waals surface area contributed by atoms with Crippen LogP contribution in [0.5, 0.6) is 0 Å². The Morgan fingerprint density at radius 2 is 1.12 bits per heavy atom. The smallest absolute Gasteiger partial charge is 0.399 e. The van der Waals surface area contributed by atoms with Crippen molar-refractivity contribution in [3.05, 3.63) is 102 Å². The summed E-state index contributed by atoms with van der Waals surface area (Å²) in [5.41, 5.74) is 8.11. The highest BCUT2D eigenvalue weighted by molar-refractivity contribution is 6.68.